The van der Waals surface area contributed by atoms with E-state index in [9.17, 15) is 0 Å². The Morgan fingerprint density at radius 3 is 2.62 bits per heavy atom. The van der Waals surface area contributed by atoms with Crippen LogP contribution in [0.4, 0.5) is 0 Å². The predicted molar refractivity (Wildman–Crippen MR) is 55.6 cm³/mol. The van der Waals surface area contributed by atoms with Gasteiger partial charge in [-0.2, -0.15) is 0 Å². The molecule has 0 heteroatoms. The summed E-state index contributed by atoms with van der Waals surface area (Å²) in [5.41, 5.74) is 2.91. The number of benzene rings is 1. The summed E-state index contributed by atoms with van der Waals surface area (Å²) in [5, 5.41) is 0. The van der Waals surface area contributed by atoms with Crippen LogP contribution >= 0.6 is 0 Å². The summed E-state index contributed by atoms with van der Waals surface area (Å²) >= 11 is 0. The number of hydrogen-bond donors (Lipinski definition) is 0. The highest BCUT2D eigenvalue weighted by Crippen LogP contribution is 2.48. The molecule has 0 amide bonds. The standard InChI is InChI=1S/C13H14/c1-3-11-7-5-6-8-12(11)13(4-2)9-10-13/h2,5-8H,3,9-10H2,1H3. The Hall–Kier alpha value is -1.22. The van der Waals surface area contributed by atoms with Gasteiger partial charge in [-0.3, -0.25) is 0 Å². The van der Waals surface area contributed by atoms with Crippen LogP contribution in [0.25, 0.3) is 0 Å². The molecule has 2 rings (SSSR count). The number of aryl methyl sites for hydroxylation is 1. The van der Waals surface area contributed by atoms with Crippen molar-refractivity contribution in [3.05, 3.63) is 35.4 Å². The topological polar surface area (TPSA) is 0 Å². The van der Waals surface area contributed by atoms with Gasteiger partial charge in [-0.1, -0.05) is 37.1 Å². The lowest BCUT2D eigenvalue weighted by atomic mass is 9.91. The van der Waals surface area contributed by atoms with Gasteiger partial charge in [0, 0.05) is 0 Å². The second-order valence-corrected chi connectivity index (χ2v) is 3.74. The Morgan fingerprint density at radius 2 is 2.08 bits per heavy atom. The average Bonchev–Trinajstić information content (AvgIpc) is 2.98. The molecule has 1 fully saturated rings. The van der Waals surface area contributed by atoms with Crippen LogP contribution < -0.4 is 0 Å². The SMILES string of the molecule is C#CC1(c2ccccc2CC)CC1. The highest BCUT2D eigenvalue weighted by molar-refractivity contribution is 5.45. The van der Waals surface area contributed by atoms with Crippen molar-refractivity contribution >= 4 is 0 Å². The zero-order chi connectivity index (χ0) is 9.31. The smallest absolute Gasteiger partial charge is 0.0564 e. The predicted octanol–water partition coefficient (Wildman–Crippen LogP) is 2.91. The molecule has 0 heterocycles. The maximum atomic E-state index is 5.57. The maximum absolute atomic E-state index is 5.57. The Labute approximate surface area is 80.0 Å². The van der Waals surface area contributed by atoms with Crippen LogP contribution in [-0.4, -0.2) is 0 Å². The molecular formula is C13H14. The van der Waals surface area contributed by atoms with E-state index < -0.39 is 0 Å². The summed E-state index contributed by atoms with van der Waals surface area (Å²) in [7, 11) is 0. The highest BCUT2D eigenvalue weighted by atomic mass is 14.4. The zero-order valence-electron chi connectivity index (χ0n) is 8.01. The van der Waals surface area contributed by atoms with E-state index in [4.69, 9.17) is 6.42 Å². The van der Waals surface area contributed by atoms with E-state index in [1.807, 2.05) is 0 Å². The van der Waals surface area contributed by atoms with Crippen LogP contribution in [0, 0.1) is 12.3 Å². The molecule has 0 nitrogen and oxygen atoms in total. The monoisotopic (exact) mass is 170 g/mol. The third-order valence-corrected chi connectivity index (χ3v) is 2.94. The molecule has 1 aromatic rings. The Balaban J connectivity index is 2.46. The number of terminal acetylenes is 1. The van der Waals surface area contributed by atoms with Crippen molar-refractivity contribution < 1.29 is 0 Å². The fourth-order valence-electron chi connectivity index (χ4n) is 1.91. The van der Waals surface area contributed by atoms with Crippen molar-refractivity contribution in [1.29, 1.82) is 0 Å². The van der Waals surface area contributed by atoms with E-state index in [1.165, 1.54) is 24.0 Å². The summed E-state index contributed by atoms with van der Waals surface area (Å²) in [6.07, 6.45) is 8.99. The molecule has 13 heavy (non-hydrogen) atoms. The minimum atomic E-state index is 0.104. The number of rotatable bonds is 2. The Kier molecular flexibility index (Phi) is 1.88. The largest absolute Gasteiger partial charge is 0.119 e. The van der Waals surface area contributed by atoms with Crippen molar-refractivity contribution in [1.82, 2.24) is 0 Å². The molecule has 0 radical (unpaired) electrons. The molecule has 1 aliphatic carbocycles. The molecule has 0 aliphatic heterocycles. The van der Waals surface area contributed by atoms with Gasteiger partial charge in [0.25, 0.3) is 0 Å². The maximum Gasteiger partial charge on any atom is 0.0564 e. The molecule has 1 aliphatic rings. The highest BCUT2D eigenvalue weighted by Gasteiger charge is 2.43. The van der Waals surface area contributed by atoms with Crippen LogP contribution in [0.2, 0.25) is 0 Å². The second kappa shape index (κ2) is 2.92. The van der Waals surface area contributed by atoms with Gasteiger partial charge >= 0.3 is 0 Å². The van der Waals surface area contributed by atoms with Gasteiger partial charge in [0.1, 0.15) is 0 Å². The first kappa shape index (κ1) is 8.38. The van der Waals surface area contributed by atoms with E-state index in [0.29, 0.717) is 0 Å². The molecule has 0 aromatic heterocycles. The Bertz CT molecular complexity index is 351. The van der Waals surface area contributed by atoms with Crippen LogP contribution in [0.5, 0.6) is 0 Å². The third-order valence-electron chi connectivity index (χ3n) is 2.94. The van der Waals surface area contributed by atoms with Crippen molar-refractivity contribution in [2.24, 2.45) is 0 Å². The molecule has 0 unspecified atom stereocenters. The second-order valence-electron chi connectivity index (χ2n) is 3.74. The minimum absolute atomic E-state index is 0.104. The normalized spacial score (nSPS) is 17.8. The van der Waals surface area contributed by atoms with Crippen LogP contribution in [0.1, 0.15) is 30.9 Å². The molecule has 0 bridgehead atoms. The van der Waals surface area contributed by atoms with Crippen molar-refractivity contribution in [3.63, 3.8) is 0 Å². The van der Waals surface area contributed by atoms with E-state index in [0.717, 1.165) is 6.42 Å². The molecule has 66 valence electrons. The molecule has 0 saturated heterocycles. The first-order chi connectivity index (χ1) is 6.32. The summed E-state index contributed by atoms with van der Waals surface area (Å²) in [4.78, 5) is 0. The fraction of sp³-hybridized carbons (Fsp3) is 0.385. The third kappa shape index (κ3) is 1.25. The summed E-state index contributed by atoms with van der Waals surface area (Å²) in [5.74, 6) is 2.94. The van der Waals surface area contributed by atoms with Crippen molar-refractivity contribution in [3.8, 4) is 12.3 Å². The van der Waals surface area contributed by atoms with Gasteiger partial charge in [0.15, 0.2) is 0 Å². The molecule has 1 aromatic carbocycles. The van der Waals surface area contributed by atoms with E-state index >= 15 is 0 Å². The van der Waals surface area contributed by atoms with Gasteiger partial charge in [-0.25, -0.2) is 0 Å². The van der Waals surface area contributed by atoms with E-state index in [1.54, 1.807) is 0 Å². The summed E-state index contributed by atoms with van der Waals surface area (Å²) in [6, 6.07) is 8.55. The molecular weight excluding hydrogens is 156 g/mol. The van der Waals surface area contributed by atoms with Gasteiger partial charge in [-0.15, -0.1) is 6.42 Å². The molecule has 0 N–H and O–H groups in total. The lowest BCUT2D eigenvalue weighted by Gasteiger charge is -2.12. The van der Waals surface area contributed by atoms with E-state index in [-0.39, 0.29) is 5.41 Å². The van der Waals surface area contributed by atoms with Gasteiger partial charge in [-0.05, 0) is 30.4 Å². The van der Waals surface area contributed by atoms with Crippen LogP contribution in [0.15, 0.2) is 24.3 Å². The molecule has 0 spiro atoms. The van der Waals surface area contributed by atoms with Gasteiger partial charge < -0.3 is 0 Å². The summed E-state index contributed by atoms with van der Waals surface area (Å²) in [6.45, 7) is 2.19. The van der Waals surface area contributed by atoms with Gasteiger partial charge in [0.05, 0.1) is 5.41 Å². The minimum Gasteiger partial charge on any atom is -0.119 e. The quantitative estimate of drug-likeness (QED) is 0.599. The zero-order valence-corrected chi connectivity index (χ0v) is 8.01. The molecule has 1 saturated carbocycles. The fourth-order valence-corrected chi connectivity index (χ4v) is 1.91. The molecule has 0 atom stereocenters. The van der Waals surface area contributed by atoms with Crippen LogP contribution in [-0.2, 0) is 11.8 Å². The summed E-state index contributed by atoms with van der Waals surface area (Å²) < 4.78 is 0. The first-order valence-electron chi connectivity index (χ1n) is 4.88. The van der Waals surface area contributed by atoms with Crippen LogP contribution in [0.3, 0.4) is 0 Å². The van der Waals surface area contributed by atoms with E-state index in [2.05, 4.69) is 37.1 Å². The van der Waals surface area contributed by atoms with Crippen molar-refractivity contribution in [2.75, 3.05) is 0 Å². The first-order valence-corrected chi connectivity index (χ1v) is 4.88. The van der Waals surface area contributed by atoms with Crippen molar-refractivity contribution in [2.45, 2.75) is 31.6 Å². The lowest BCUT2D eigenvalue weighted by Crippen LogP contribution is -2.06. The van der Waals surface area contributed by atoms with Gasteiger partial charge in [0.2, 0.25) is 0 Å². The number of hydrogen-bond acceptors (Lipinski definition) is 0. The Morgan fingerprint density at radius 1 is 1.38 bits per heavy atom. The lowest BCUT2D eigenvalue weighted by molar-refractivity contribution is 0.896. The average molecular weight is 170 g/mol.